The first kappa shape index (κ1) is 18.4. The van der Waals surface area contributed by atoms with Gasteiger partial charge in [0, 0.05) is 13.1 Å². The number of benzene rings is 2. The molecule has 9 heteroatoms. The zero-order chi connectivity index (χ0) is 19.1. The highest BCUT2D eigenvalue weighted by molar-refractivity contribution is 7.89. The van der Waals surface area contributed by atoms with E-state index in [9.17, 15) is 26.4 Å². The summed E-state index contributed by atoms with van der Waals surface area (Å²) in [4.78, 5) is 10.8. The number of rotatable bonds is 3. The van der Waals surface area contributed by atoms with E-state index in [2.05, 4.69) is 0 Å². The zero-order valence-corrected chi connectivity index (χ0v) is 14.1. The Morgan fingerprint density at radius 2 is 1.69 bits per heavy atom. The third kappa shape index (κ3) is 3.45. The van der Waals surface area contributed by atoms with Crippen LogP contribution in [0.25, 0.3) is 0 Å². The molecule has 0 aromatic heterocycles. The van der Waals surface area contributed by atoms with E-state index < -0.39 is 27.7 Å². The van der Waals surface area contributed by atoms with Crippen molar-refractivity contribution in [2.24, 2.45) is 0 Å². The van der Waals surface area contributed by atoms with Crippen molar-refractivity contribution in [3.8, 4) is 0 Å². The van der Waals surface area contributed by atoms with E-state index in [0.29, 0.717) is 12.0 Å². The van der Waals surface area contributed by atoms with E-state index >= 15 is 0 Å². The minimum absolute atomic E-state index is 0.0280. The molecule has 2 aromatic carbocycles. The summed E-state index contributed by atoms with van der Waals surface area (Å²) in [6.07, 6.45) is -4.14. The minimum atomic E-state index is -4.54. The van der Waals surface area contributed by atoms with Crippen LogP contribution in [0.15, 0.2) is 47.4 Å². The number of halogens is 3. The number of carboxylic acid groups (broad SMARTS) is 1. The molecule has 3 rings (SSSR count). The van der Waals surface area contributed by atoms with Crippen molar-refractivity contribution in [3.63, 3.8) is 0 Å². The molecule has 0 unspecified atom stereocenters. The second kappa shape index (κ2) is 6.40. The highest BCUT2D eigenvalue weighted by Crippen LogP contribution is 2.31. The maximum atomic E-state index is 12.7. The summed E-state index contributed by atoms with van der Waals surface area (Å²) in [5, 5.41) is 9.06. The minimum Gasteiger partial charge on any atom is -0.478 e. The molecular formula is C17H14F3NO4S. The molecule has 0 radical (unpaired) electrons. The number of carbonyl (C=O) groups is 1. The Bertz CT molecular complexity index is 953. The van der Waals surface area contributed by atoms with E-state index in [-0.39, 0.29) is 23.5 Å². The molecule has 0 saturated heterocycles. The van der Waals surface area contributed by atoms with E-state index in [1.54, 1.807) is 6.07 Å². The van der Waals surface area contributed by atoms with Crippen LogP contribution in [0.3, 0.4) is 0 Å². The van der Waals surface area contributed by atoms with Crippen molar-refractivity contribution in [2.45, 2.75) is 24.0 Å². The van der Waals surface area contributed by atoms with E-state index in [1.807, 2.05) is 0 Å². The SMILES string of the molecule is O=C(O)c1ccc2c(c1)CN(S(=O)(=O)c1ccc(C(F)(F)F)cc1)CC2. The van der Waals surface area contributed by atoms with Gasteiger partial charge in [0.25, 0.3) is 0 Å². The van der Waals surface area contributed by atoms with E-state index in [0.717, 1.165) is 34.1 Å². The van der Waals surface area contributed by atoms with Crippen molar-refractivity contribution < 1.29 is 31.5 Å². The summed E-state index contributed by atoms with van der Waals surface area (Å²) in [5.74, 6) is -1.12. The topological polar surface area (TPSA) is 74.7 Å². The van der Waals surface area contributed by atoms with Gasteiger partial charge >= 0.3 is 12.1 Å². The molecule has 0 amide bonds. The van der Waals surface area contributed by atoms with Crippen LogP contribution in [0.5, 0.6) is 0 Å². The molecule has 0 fully saturated rings. The quantitative estimate of drug-likeness (QED) is 0.881. The number of nitrogens with zero attached hydrogens (tertiary/aromatic N) is 1. The van der Waals surface area contributed by atoms with Crippen LogP contribution in [0.2, 0.25) is 0 Å². The monoisotopic (exact) mass is 385 g/mol. The molecule has 0 spiro atoms. The number of aromatic carboxylic acids is 1. The number of hydrogen-bond donors (Lipinski definition) is 1. The highest BCUT2D eigenvalue weighted by Gasteiger charge is 2.32. The van der Waals surface area contributed by atoms with Gasteiger partial charge in [-0.1, -0.05) is 6.07 Å². The lowest BCUT2D eigenvalue weighted by atomic mass is 9.99. The lowest BCUT2D eigenvalue weighted by Crippen LogP contribution is -2.36. The van der Waals surface area contributed by atoms with Crippen LogP contribution >= 0.6 is 0 Å². The fourth-order valence-electron chi connectivity index (χ4n) is 2.83. The number of alkyl halides is 3. The average molecular weight is 385 g/mol. The maximum Gasteiger partial charge on any atom is 0.416 e. The molecule has 1 N–H and O–H groups in total. The van der Waals surface area contributed by atoms with Crippen molar-refractivity contribution >= 4 is 16.0 Å². The Morgan fingerprint density at radius 3 is 2.27 bits per heavy atom. The summed E-state index contributed by atoms with van der Waals surface area (Å²) in [6, 6.07) is 7.86. The van der Waals surface area contributed by atoms with Gasteiger partial charge in [0.2, 0.25) is 10.0 Å². The van der Waals surface area contributed by atoms with Gasteiger partial charge in [-0.05, 0) is 53.9 Å². The maximum absolute atomic E-state index is 12.7. The summed E-state index contributed by atoms with van der Waals surface area (Å²) in [7, 11) is -3.98. The number of carboxylic acids is 1. The molecule has 2 aromatic rings. The van der Waals surface area contributed by atoms with Crippen LogP contribution in [0, 0.1) is 0 Å². The third-order valence-corrected chi connectivity index (χ3v) is 6.11. The fourth-order valence-corrected chi connectivity index (χ4v) is 4.25. The Hall–Kier alpha value is -2.39. The Kier molecular flexibility index (Phi) is 4.53. The predicted molar refractivity (Wildman–Crippen MR) is 86.1 cm³/mol. The highest BCUT2D eigenvalue weighted by atomic mass is 32.2. The first-order chi connectivity index (χ1) is 12.1. The Labute approximate surface area is 147 Å². The first-order valence-electron chi connectivity index (χ1n) is 7.61. The standard InChI is InChI=1S/C17H14F3NO4S/c18-17(19,20)14-3-5-15(6-4-14)26(24,25)21-8-7-11-1-2-12(16(22)23)9-13(11)10-21/h1-6,9H,7-8,10H2,(H,22,23). The summed E-state index contributed by atoms with van der Waals surface area (Å²) < 4.78 is 64.4. The molecule has 0 bridgehead atoms. The average Bonchev–Trinajstić information content (AvgIpc) is 2.60. The molecule has 26 heavy (non-hydrogen) atoms. The zero-order valence-electron chi connectivity index (χ0n) is 13.3. The predicted octanol–water partition coefficient (Wildman–Crippen LogP) is 3.15. The number of sulfonamides is 1. The van der Waals surface area contributed by atoms with Crippen molar-refractivity contribution in [1.29, 1.82) is 0 Å². The Balaban J connectivity index is 1.89. The van der Waals surface area contributed by atoms with Crippen LogP contribution in [-0.4, -0.2) is 30.3 Å². The lowest BCUT2D eigenvalue weighted by molar-refractivity contribution is -0.137. The third-order valence-electron chi connectivity index (χ3n) is 4.25. The van der Waals surface area contributed by atoms with Gasteiger partial charge in [-0.25, -0.2) is 13.2 Å². The van der Waals surface area contributed by atoms with Gasteiger partial charge in [-0.2, -0.15) is 17.5 Å². The van der Waals surface area contributed by atoms with Gasteiger partial charge in [0.1, 0.15) is 0 Å². The van der Waals surface area contributed by atoms with Crippen molar-refractivity contribution in [3.05, 3.63) is 64.7 Å². The molecular weight excluding hydrogens is 371 g/mol. The summed E-state index contributed by atoms with van der Waals surface area (Å²) in [6.45, 7) is 0.141. The first-order valence-corrected chi connectivity index (χ1v) is 9.05. The smallest absolute Gasteiger partial charge is 0.416 e. The van der Waals surface area contributed by atoms with Gasteiger partial charge < -0.3 is 5.11 Å². The molecule has 1 aliphatic rings. The molecule has 5 nitrogen and oxygen atoms in total. The van der Waals surface area contributed by atoms with Gasteiger partial charge in [-0.3, -0.25) is 0 Å². The number of fused-ring (bicyclic) bond motifs is 1. The van der Waals surface area contributed by atoms with Crippen molar-refractivity contribution in [1.82, 2.24) is 4.31 Å². The van der Waals surface area contributed by atoms with Crippen LogP contribution in [-0.2, 0) is 29.2 Å². The number of hydrogen-bond acceptors (Lipinski definition) is 3. The fraction of sp³-hybridized carbons (Fsp3) is 0.235. The summed E-state index contributed by atoms with van der Waals surface area (Å²) in [5.41, 5.74) is 0.560. The van der Waals surface area contributed by atoms with Gasteiger partial charge in [-0.15, -0.1) is 0 Å². The largest absolute Gasteiger partial charge is 0.478 e. The molecule has 1 aliphatic heterocycles. The van der Waals surface area contributed by atoms with Gasteiger partial charge in [0.05, 0.1) is 16.0 Å². The van der Waals surface area contributed by atoms with E-state index in [1.165, 1.54) is 12.1 Å². The van der Waals surface area contributed by atoms with Crippen molar-refractivity contribution in [2.75, 3.05) is 6.54 Å². The normalized spacial score (nSPS) is 15.5. The lowest BCUT2D eigenvalue weighted by Gasteiger charge is -2.28. The summed E-state index contributed by atoms with van der Waals surface area (Å²) >= 11 is 0. The molecule has 0 aliphatic carbocycles. The Morgan fingerprint density at radius 1 is 1.04 bits per heavy atom. The van der Waals surface area contributed by atoms with Crippen LogP contribution in [0.4, 0.5) is 13.2 Å². The second-order valence-corrected chi connectivity index (χ2v) is 7.84. The second-order valence-electron chi connectivity index (χ2n) is 5.90. The van der Waals surface area contributed by atoms with Gasteiger partial charge in [0.15, 0.2) is 0 Å². The molecule has 138 valence electrons. The molecule has 0 atom stereocenters. The van der Waals surface area contributed by atoms with Crippen LogP contribution in [0.1, 0.15) is 27.0 Å². The molecule has 0 saturated carbocycles. The van der Waals surface area contributed by atoms with E-state index in [4.69, 9.17) is 5.11 Å². The van der Waals surface area contributed by atoms with Crippen LogP contribution < -0.4 is 0 Å². The molecule has 1 heterocycles.